The SMILES string of the molecule is CC(CCNCl)c1cccc(F)c1. The van der Waals surface area contributed by atoms with Gasteiger partial charge in [-0.1, -0.05) is 19.1 Å². The number of benzene rings is 1. The van der Waals surface area contributed by atoms with Crippen molar-refractivity contribution >= 4 is 11.8 Å². The number of hydrogen-bond donors (Lipinski definition) is 1. The lowest BCUT2D eigenvalue weighted by molar-refractivity contribution is 0.614. The highest BCUT2D eigenvalue weighted by Crippen LogP contribution is 2.18. The summed E-state index contributed by atoms with van der Waals surface area (Å²) in [5.74, 6) is 0.158. The molecule has 1 aromatic carbocycles. The van der Waals surface area contributed by atoms with Crippen LogP contribution in [0, 0.1) is 5.82 Å². The maximum absolute atomic E-state index is 12.8. The zero-order chi connectivity index (χ0) is 9.68. The van der Waals surface area contributed by atoms with Gasteiger partial charge < -0.3 is 0 Å². The first-order chi connectivity index (χ1) is 6.24. The third-order valence-electron chi connectivity index (χ3n) is 2.09. The van der Waals surface area contributed by atoms with Gasteiger partial charge in [0.15, 0.2) is 0 Å². The smallest absolute Gasteiger partial charge is 0.123 e. The van der Waals surface area contributed by atoms with Crippen LogP contribution in [0.2, 0.25) is 0 Å². The summed E-state index contributed by atoms with van der Waals surface area (Å²) in [4.78, 5) is 2.56. The first-order valence-electron chi connectivity index (χ1n) is 4.33. The molecule has 0 spiro atoms. The van der Waals surface area contributed by atoms with E-state index in [1.165, 1.54) is 6.07 Å². The van der Waals surface area contributed by atoms with Crippen LogP contribution in [0.4, 0.5) is 4.39 Å². The highest BCUT2D eigenvalue weighted by Gasteiger charge is 2.05. The first-order valence-corrected chi connectivity index (χ1v) is 4.71. The van der Waals surface area contributed by atoms with E-state index in [0.29, 0.717) is 5.92 Å². The van der Waals surface area contributed by atoms with Crippen molar-refractivity contribution < 1.29 is 4.39 Å². The van der Waals surface area contributed by atoms with Gasteiger partial charge in [0.05, 0.1) is 0 Å². The first kappa shape index (κ1) is 10.5. The van der Waals surface area contributed by atoms with Crippen molar-refractivity contribution in [2.45, 2.75) is 19.3 Å². The molecule has 3 heteroatoms. The standard InChI is InChI=1S/C10H13ClFN/c1-8(5-6-13-11)9-3-2-4-10(12)7-9/h2-4,7-8,13H,5-6H2,1H3. The normalized spacial score (nSPS) is 12.8. The van der Waals surface area contributed by atoms with Crippen LogP contribution in [0.1, 0.15) is 24.8 Å². The van der Waals surface area contributed by atoms with Crippen molar-refractivity contribution in [1.82, 2.24) is 4.84 Å². The topological polar surface area (TPSA) is 12.0 Å². The molecule has 0 amide bonds. The van der Waals surface area contributed by atoms with Crippen molar-refractivity contribution in [1.29, 1.82) is 0 Å². The summed E-state index contributed by atoms with van der Waals surface area (Å²) in [7, 11) is 0. The summed E-state index contributed by atoms with van der Waals surface area (Å²) in [6, 6.07) is 6.69. The van der Waals surface area contributed by atoms with Crippen LogP contribution in [0.5, 0.6) is 0 Å². The Balaban J connectivity index is 2.60. The Morgan fingerprint density at radius 2 is 2.31 bits per heavy atom. The Labute approximate surface area is 83.0 Å². The lowest BCUT2D eigenvalue weighted by atomic mass is 9.98. The molecule has 1 nitrogen and oxygen atoms in total. The van der Waals surface area contributed by atoms with Gasteiger partial charge in [0.25, 0.3) is 0 Å². The Morgan fingerprint density at radius 1 is 1.54 bits per heavy atom. The Bertz CT molecular complexity index is 265. The summed E-state index contributed by atoms with van der Waals surface area (Å²) in [6.07, 6.45) is 0.910. The average Bonchev–Trinajstić information content (AvgIpc) is 2.14. The molecule has 0 aliphatic heterocycles. The van der Waals surface area contributed by atoms with Crippen LogP contribution in [-0.2, 0) is 0 Å². The Kier molecular flexibility index (Phi) is 4.19. The van der Waals surface area contributed by atoms with Crippen molar-refractivity contribution in [2.24, 2.45) is 0 Å². The molecule has 1 aromatic rings. The van der Waals surface area contributed by atoms with Gasteiger partial charge in [-0.3, -0.25) is 0 Å². The molecule has 0 bridgehead atoms. The van der Waals surface area contributed by atoms with Gasteiger partial charge in [0.1, 0.15) is 5.82 Å². The van der Waals surface area contributed by atoms with Crippen LogP contribution in [0.25, 0.3) is 0 Å². The van der Waals surface area contributed by atoms with Gasteiger partial charge in [-0.2, -0.15) is 0 Å². The van der Waals surface area contributed by atoms with Gasteiger partial charge in [0, 0.05) is 6.54 Å². The van der Waals surface area contributed by atoms with E-state index in [1.54, 1.807) is 12.1 Å². The molecule has 0 radical (unpaired) electrons. The highest BCUT2D eigenvalue weighted by molar-refractivity contribution is 6.13. The second kappa shape index (κ2) is 5.20. The van der Waals surface area contributed by atoms with Crippen molar-refractivity contribution in [3.05, 3.63) is 35.6 Å². The fourth-order valence-electron chi connectivity index (χ4n) is 1.25. The minimum atomic E-state index is -0.178. The number of halogens is 2. The van der Waals surface area contributed by atoms with Gasteiger partial charge in [-0.05, 0) is 41.8 Å². The Hall–Kier alpha value is -0.600. The van der Waals surface area contributed by atoms with Crippen LogP contribution in [0.15, 0.2) is 24.3 Å². The monoisotopic (exact) mass is 201 g/mol. The van der Waals surface area contributed by atoms with E-state index < -0.39 is 0 Å². The van der Waals surface area contributed by atoms with Gasteiger partial charge in [-0.15, -0.1) is 0 Å². The summed E-state index contributed by atoms with van der Waals surface area (Å²) in [5, 5.41) is 0. The van der Waals surface area contributed by atoms with Crippen molar-refractivity contribution in [2.75, 3.05) is 6.54 Å². The summed E-state index contributed by atoms with van der Waals surface area (Å²) < 4.78 is 12.8. The largest absolute Gasteiger partial charge is 0.234 e. The molecule has 0 fully saturated rings. The van der Waals surface area contributed by atoms with E-state index in [9.17, 15) is 4.39 Å². The van der Waals surface area contributed by atoms with Crippen LogP contribution >= 0.6 is 11.8 Å². The molecule has 0 heterocycles. The van der Waals surface area contributed by atoms with Crippen LogP contribution in [-0.4, -0.2) is 6.54 Å². The van der Waals surface area contributed by atoms with E-state index >= 15 is 0 Å². The Morgan fingerprint density at radius 3 is 2.92 bits per heavy atom. The maximum atomic E-state index is 12.8. The summed E-state index contributed by atoms with van der Waals surface area (Å²) >= 11 is 5.34. The molecule has 0 saturated heterocycles. The number of hydrogen-bond acceptors (Lipinski definition) is 1. The lowest BCUT2D eigenvalue weighted by Gasteiger charge is -2.10. The van der Waals surface area contributed by atoms with E-state index in [-0.39, 0.29) is 5.82 Å². The van der Waals surface area contributed by atoms with Gasteiger partial charge in [0.2, 0.25) is 0 Å². The minimum Gasteiger partial charge on any atom is -0.234 e. The number of rotatable bonds is 4. The summed E-state index contributed by atoms with van der Waals surface area (Å²) in [6.45, 7) is 2.79. The molecule has 1 rings (SSSR count). The molecule has 0 aliphatic rings. The molecule has 0 saturated carbocycles. The molecular weight excluding hydrogens is 189 g/mol. The quantitative estimate of drug-likeness (QED) is 0.739. The fourth-order valence-corrected chi connectivity index (χ4v) is 1.36. The fraction of sp³-hybridized carbons (Fsp3) is 0.400. The molecule has 13 heavy (non-hydrogen) atoms. The van der Waals surface area contributed by atoms with Gasteiger partial charge in [-0.25, -0.2) is 9.23 Å². The number of nitrogens with one attached hydrogen (secondary N) is 1. The second-order valence-electron chi connectivity index (χ2n) is 3.13. The maximum Gasteiger partial charge on any atom is 0.123 e. The molecule has 0 aliphatic carbocycles. The average molecular weight is 202 g/mol. The molecule has 0 aromatic heterocycles. The third-order valence-corrected chi connectivity index (χ3v) is 2.28. The van der Waals surface area contributed by atoms with E-state index in [4.69, 9.17) is 11.8 Å². The molecular formula is C10H13ClFN. The second-order valence-corrected chi connectivity index (χ2v) is 3.40. The predicted octanol–water partition coefficient (Wildman–Crippen LogP) is 3.06. The van der Waals surface area contributed by atoms with Gasteiger partial charge >= 0.3 is 0 Å². The minimum absolute atomic E-state index is 0.178. The van der Waals surface area contributed by atoms with Crippen molar-refractivity contribution in [3.63, 3.8) is 0 Å². The van der Waals surface area contributed by atoms with E-state index in [2.05, 4.69) is 11.8 Å². The third kappa shape index (κ3) is 3.33. The van der Waals surface area contributed by atoms with E-state index in [0.717, 1.165) is 18.5 Å². The molecule has 1 unspecified atom stereocenters. The highest BCUT2D eigenvalue weighted by atomic mass is 35.5. The molecule has 72 valence electrons. The zero-order valence-electron chi connectivity index (χ0n) is 7.56. The van der Waals surface area contributed by atoms with Crippen molar-refractivity contribution in [3.8, 4) is 0 Å². The van der Waals surface area contributed by atoms with Crippen LogP contribution in [0.3, 0.4) is 0 Å². The summed E-state index contributed by atoms with van der Waals surface area (Å²) in [5.41, 5.74) is 1.02. The zero-order valence-corrected chi connectivity index (χ0v) is 8.31. The van der Waals surface area contributed by atoms with Crippen LogP contribution < -0.4 is 4.84 Å². The lowest BCUT2D eigenvalue weighted by Crippen LogP contribution is -2.05. The molecule has 1 atom stereocenters. The predicted molar refractivity (Wildman–Crippen MR) is 53.3 cm³/mol. The molecule has 1 N–H and O–H groups in total. The van der Waals surface area contributed by atoms with E-state index in [1.807, 2.05) is 6.07 Å².